The van der Waals surface area contributed by atoms with Gasteiger partial charge in [0.05, 0.1) is 6.61 Å². The van der Waals surface area contributed by atoms with Crippen LogP contribution in [0.15, 0.2) is 60.7 Å². The molecule has 42 heavy (non-hydrogen) atoms. The number of aliphatic hydroxyl groups excluding tert-OH is 1. The summed E-state index contributed by atoms with van der Waals surface area (Å²) < 4.78 is 11.3. The van der Waals surface area contributed by atoms with Gasteiger partial charge in [-0.1, -0.05) is 68.4 Å². The lowest BCUT2D eigenvalue weighted by Gasteiger charge is -2.22. The number of carbonyl (C=O) groups is 4. The molecule has 1 amide bonds. The average molecular weight is 579 g/mol. The van der Waals surface area contributed by atoms with Crippen LogP contribution in [0.3, 0.4) is 0 Å². The maximum Gasteiger partial charge on any atom is 0.335 e. The quantitative estimate of drug-likeness (QED) is 0.193. The van der Waals surface area contributed by atoms with Crippen LogP contribution in [0.5, 0.6) is 0 Å². The van der Waals surface area contributed by atoms with Crippen LogP contribution in [0.25, 0.3) is 11.1 Å². The number of ketones is 1. The molecule has 4 N–H and O–H groups in total. The third-order valence-corrected chi connectivity index (χ3v) is 6.64. The molecule has 1 aromatic heterocycles. The molecule has 0 spiro atoms. The van der Waals surface area contributed by atoms with E-state index in [0.717, 1.165) is 21.4 Å². The Labute approximate surface area is 245 Å². The number of rotatable bonds is 14. The highest BCUT2D eigenvalue weighted by molar-refractivity contribution is 5.98. The van der Waals surface area contributed by atoms with Crippen LogP contribution in [0.4, 0.5) is 0 Å². The normalized spacial score (nSPS) is 13.2. The summed E-state index contributed by atoms with van der Waals surface area (Å²) in [6.45, 7) is 6.13. The largest absolute Gasteiger partial charge is 0.464 e. The van der Waals surface area contributed by atoms with E-state index in [1.807, 2.05) is 54.6 Å². The van der Waals surface area contributed by atoms with E-state index in [2.05, 4.69) is 10.4 Å². The van der Waals surface area contributed by atoms with Crippen LogP contribution in [0.1, 0.15) is 60.7 Å². The topological polar surface area (TPSA) is 163 Å². The van der Waals surface area contributed by atoms with Gasteiger partial charge in [-0.3, -0.25) is 14.4 Å². The number of aliphatic hydroxyl groups is 1. The standard InChI is InChI=1S/C31H38N4O7/c1-5-41-30(39)27(37)16-24(15-21-11-13-23(14-12-21)22-9-7-6-8-10-22)33-29(38)26-17-25(20(4)36)34-35(26)18-42-31(40)28(32)19(2)3/h6-14,17,19,24,27-28,37H,5,15-16,18,32H2,1-4H3,(H,33,38)/t24-,27-,28+/m1/s1. The van der Waals surface area contributed by atoms with Crippen LogP contribution in [-0.2, 0) is 32.2 Å². The number of amides is 1. The monoisotopic (exact) mass is 578 g/mol. The minimum Gasteiger partial charge on any atom is -0.464 e. The van der Waals surface area contributed by atoms with Crippen molar-refractivity contribution in [2.45, 2.75) is 65.5 Å². The van der Waals surface area contributed by atoms with Gasteiger partial charge < -0.3 is 25.6 Å². The fourth-order valence-corrected chi connectivity index (χ4v) is 4.17. The Morgan fingerprint density at radius 2 is 1.62 bits per heavy atom. The lowest BCUT2D eigenvalue weighted by Crippen LogP contribution is -2.42. The first kappa shape index (κ1) is 32.2. The molecule has 0 unspecified atom stereocenters. The molecule has 11 nitrogen and oxygen atoms in total. The minimum atomic E-state index is -1.48. The van der Waals surface area contributed by atoms with E-state index in [0.29, 0.717) is 0 Å². The summed E-state index contributed by atoms with van der Waals surface area (Å²) in [7, 11) is 0. The smallest absolute Gasteiger partial charge is 0.335 e. The van der Waals surface area contributed by atoms with Crippen molar-refractivity contribution < 1.29 is 33.8 Å². The predicted molar refractivity (Wildman–Crippen MR) is 155 cm³/mol. The van der Waals surface area contributed by atoms with Crippen molar-refractivity contribution >= 4 is 23.6 Å². The SMILES string of the molecule is CCOC(=O)[C@H](O)C[C@@H](Cc1ccc(-c2ccccc2)cc1)NC(=O)c1cc(C(C)=O)nn1COC(=O)[C@@H](N)C(C)C. The number of hydrogen-bond acceptors (Lipinski definition) is 9. The number of carbonyl (C=O) groups excluding carboxylic acids is 4. The molecule has 11 heteroatoms. The fourth-order valence-electron chi connectivity index (χ4n) is 4.17. The van der Waals surface area contributed by atoms with Crippen molar-refractivity contribution in [1.29, 1.82) is 0 Å². The van der Waals surface area contributed by atoms with E-state index in [1.165, 1.54) is 13.0 Å². The number of nitrogens with one attached hydrogen (secondary N) is 1. The van der Waals surface area contributed by atoms with Gasteiger partial charge in [0.1, 0.15) is 17.4 Å². The molecule has 0 fully saturated rings. The van der Waals surface area contributed by atoms with Crippen molar-refractivity contribution in [3.8, 4) is 11.1 Å². The number of hydrogen-bond donors (Lipinski definition) is 3. The van der Waals surface area contributed by atoms with Crippen LogP contribution < -0.4 is 11.1 Å². The van der Waals surface area contributed by atoms with E-state index >= 15 is 0 Å². The third kappa shape index (κ3) is 8.82. The lowest BCUT2D eigenvalue weighted by molar-refractivity contribution is -0.153. The molecular weight excluding hydrogens is 540 g/mol. The molecule has 1 heterocycles. The zero-order valence-corrected chi connectivity index (χ0v) is 24.3. The first-order valence-corrected chi connectivity index (χ1v) is 13.8. The first-order valence-electron chi connectivity index (χ1n) is 13.8. The Kier molecular flexibility index (Phi) is 11.5. The number of aromatic nitrogens is 2. The summed E-state index contributed by atoms with van der Waals surface area (Å²) in [4.78, 5) is 49.9. The molecule has 224 valence electrons. The highest BCUT2D eigenvalue weighted by atomic mass is 16.5. The van der Waals surface area contributed by atoms with Crippen molar-refractivity contribution in [3.05, 3.63) is 77.6 Å². The molecule has 0 aliphatic carbocycles. The van der Waals surface area contributed by atoms with E-state index in [4.69, 9.17) is 15.2 Å². The third-order valence-electron chi connectivity index (χ3n) is 6.64. The average Bonchev–Trinajstić information content (AvgIpc) is 3.41. The van der Waals surface area contributed by atoms with Gasteiger partial charge >= 0.3 is 11.9 Å². The summed E-state index contributed by atoms with van der Waals surface area (Å²) in [5.74, 6) is -2.67. The van der Waals surface area contributed by atoms with Gasteiger partial charge in [-0.25, -0.2) is 9.48 Å². The van der Waals surface area contributed by atoms with Gasteiger partial charge in [-0.15, -0.1) is 0 Å². The van der Waals surface area contributed by atoms with E-state index in [1.54, 1.807) is 20.8 Å². The van der Waals surface area contributed by atoms with Crippen LogP contribution in [-0.4, -0.2) is 63.3 Å². The summed E-state index contributed by atoms with van der Waals surface area (Å²) in [6.07, 6.45) is -1.32. The summed E-state index contributed by atoms with van der Waals surface area (Å²) in [6, 6.07) is 17.3. The second-order valence-corrected chi connectivity index (χ2v) is 10.3. The molecule has 0 saturated carbocycles. The van der Waals surface area contributed by atoms with Gasteiger partial charge in [-0.2, -0.15) is 5.10 Å². The van der Waals surface area contributed by atoms with Crippen LogP contribution in [0.2, 0.25) is 0 Å². The molecule has 0 aliphatic heterocycles. The van der Waals surface area contributed by atoms with Crippen molar-refractivity contribution in [1.82, 2.24) is 15.1 Å². The highest BCUT2D eigenvalue weighted by Gasteiger charge is 2.27. The predicted octanol–water partition coefficient (Wildman–Crippen LogP) is 2.89. The van der Waals surface area contributed by atoms with Crippen molar-refractivity contribution in [2.75, 3.05) is 6.61 Å². The summed E-state index contributed by atoms with van der Waals surface area (Å²) in [5.41, 5.74) is 8.73. The molecule has 2 aromatic carbocycles. The van der Waals surface area contributed by atoms with Gasteiger partial charge in [-0.05, 0) is 36.0 Å². The van der Waals surface area contributed by atoms with Gasteiger partial charge in [0.25, 0.3) is 5.91 Å². The van der Waals surface area contributed by atoms with E-state index < -0.39 is 42.8 Å². The van der Waals surface area contributed by atoms with Crippen molar-refractivity contribution in [2.24, 2.45) is 11.7 Å². The zero-order chi connectivity index (χ0) is 30.8. The number of Topliss-reactive ketones (excluding diaryl/α,β-unsaturated/α-hetero) is 1. The second-order valence-electron chi connectivity index (χ2n) is 10.3. The number of ether oxygens (including phenoxy) is 2. The molecule has 0 radical (unpaired) electrons. The first-order chi connectivity index (χ1) is 20.0. The molecule has 3 atom stereocenters. The van der Waals surface area contributed by atoms with E-state index in [-0.39, 0.29) is 42.5 Å². The molecular formula is C31H38N4O7. The molecule has 0 saturated heterocycles. The zero-order valence-electron chi connectivity index (χ0n) is 24.3. The molecule has 0 bridgehead atoms. The Bertz CT molecular complexity index is 1370. The fraction of sp³-hybridized carbons (Fsp3) is 0.387. The minimum absolute atomic E-state index is 0.00367. The number of benzene rings is 2. The second kappa shape index (κ2) is 15.0. The van der Waals surface area contributed by atoms with Gasteiger partial charge in [0, 0.05) is 25.5 Å². The number of nitrogens with zero attached hydrogens (tertiary/aromatic N) is 2. The Morgan fingerprint density at radius 1 is 0.976 bits per heavy atom. The maximum absolute atomic E-state index is 13.5. The molecule has 3 rings (SSSR count). The summed E-state index contributed by atoms with van der Waals surface area (Å²) >= 11 is 0. The summed E-state index contributed by atoms with van der Waals surface area (Å²) in [5, 5.41) is 17.4. The Hall–Kier alpha value is -4.35. The number of nitrogens with two attached hydrogens (primary N) is 1. The Balaban J connectivity index is 1.83. The Morgan fingerprint density at radius 3 is 2.21 bits per heavy atom. The van der Waals surface area contributed by atoms with E-state index in [9.17, 15) is 24.3 Å². The number of esters is 2. The highest BCUT2D eigenvalue weighted by Crippen LogP contribution is 2.20. The molecule has 0 aliphatic rings. The van der Waals surface area contributed by atoms with Gasteiger partial charge in [0.2, 0.25) is 0 Å². The maximum atomic E-state index is 13.5. The van der Waals surface area contributed by atoms with Crippen LogP contribution >= 0.6 is 0 Å². The van der Waals surface area contributed by atoms with Crippen molar-refractivity contribution in [3.63, 3.8) is 0 Å². The molecule has 3 aromatic rings. The lowest BCUT2D eigenvalue weighted by atomic mass is 9.97. The van der Waals surface area contributed by atoms with Crippen LogP contribution in [0, 0.1) is 5.92 Å². The van der Waals surface area contributed by atoms with Gasteiger partial charge in [0.15, 0.2) is 18.6 Å².